The van der Waals surface area contributed by atoms with Gasteiger partial charge in [0, 0.05) is 11.8 Å². The molecule has 2 atom stereocenters. The number of aliphatic hydroxyl groups excluding tert-OH is 1. The Morgan fingerprint density at radius 1 is 1.42 bits per heavy atom. The van der Waals surface area contributed by atoms with Crippen LogP contribution in [0.5, 0.6) is 0 Å². The molecule has 0 fully saturated rings. The Morgan fingerprint density at radius 3 is 2.25 bits per heavy atom. The van der Waals surface area contributed by atoms with Crippen molar-refractivity contribution in [3.8, 4) is 0 Å². The summed E-state index contributed by atoms with van der Waals surface area (Å²) >= 11 is 0. The molecule has 1 N–H and O–H groups in total. The maximum atomic E-state index is 11.1. The second kappa shape index (κ2) is 3.57. The Kier molecular flexibility index (Phi) is 2.69. The first-order chi connectivity index (χ1) is 5.63. The van der Waals surface area contributed by atoms with Crippen molar-refractivity contribution in [2.45, 2.75) is 19.8 Å². The van der Waals surface area contributed by atoms with Gasteiger partial charge >= 0.3 is 0 Å². The molecule has 0 bridgehead atoms. The number of allylic oxidation sites excluding steroid dienone is 3. The van der Waals surface area contributed by atoms with Crippen LogP contribution in [0.1, 0.15) is 19.8 Å². The quantitative estimate of drug-likeness (QED) is 0.504. The van der Waals surface area contributed by atoms with Gasteiger partial charge in [0.05, 0.1) is 5.76 Å². The molecule has 12 heavy (non-hydrogen) atoms. The van der Waals surface area contributed by atoms with Crippen molar-refractivity contribution in [2.75, 3.05) is 0 Å². The van der Waals surface area contributed by atoms with Crippen molar-refractivity contribution in [1.29, 1.82) is 0 Å². The summed E-state index contributed by atoms with van der Waals surface area (Å²) in [6, 6.07) is 0. The molecule has 1 aliphatic carbocycles. The molecular weight excluding hydrogens is 152 g/mol. The van der Waals surface area contributed by atoms with Crippen LogP contribution < -0.4 is 0 Å². The Balaban J connectivity index is 2.76. The van der Waals surface area contributed by atoms with Crippen molar-refractivity contribution in [1.82, 2.24) is 0 Å². The van der Waals surface area contributed by atoms with Crippen molar-refractivity contribution in [3.63, 3.8) is 0 Å². The van der Waals surface area contributed by atoms with E-state index in [0.29, 0.717) is 0 Å². The van der Waals surface area contributed by atoms with E-state index in [1.54, 1.807) is 6.92 Å². The zero-order valence-corrected chi connectivity index (χ0v) is 7.29. The molecule has 1 rings (SSSR count). The third-order valence-electron chi connectivity index (χ3n) is 2.38. The van der Waals surface area contributed by atoms with Crippen LogP contribution in [0.15, 0.2) is 24.5 Å². The predicted molar refractivity (Wildman–Crippen MR) is 47.8 cm³/mol. The summed E-state index contributed by atoms with van der Waals surface area (Å²) in [6.45, 7) is 5.05. The van der Waals surface area contributed by atoms with Crippen molar-refractivity contribution in [2.24, 2.45) is 11.8 Å². The number of Topliss-reactive ketones (excluding diaryl/α,β-unsaturated/α-hetero) is 1. The molecule has 0 aliphatic heterocycles. The summed E-state index contributed by atoms with van der Waals surface area (Å²) in [5.74, 6) is 0.152. The SMILES string of the molecule is C=C(O)C1CC=CCC1C(C)=O. The van der Waals surface area contributed by atoms with Crippen LogP contribution in [0, 0.1) is 11.8 Å². The summed E-state index contributed by atoms with van der Waals surface area (Å²) in [7, 11) is 0. The summed E-state index contributed by atoms with van der Waals surface area (Å²) < 4.78 is 0. The number of carbonyl (C=O) groups excluding carboxylic acids is 1. The second-order valence-corrected chi connectivity index (χ2v) is 3.26. The van der Waals surface area contributed by atoms with E-state index in [-0.39, 0.29) is 23.4 Å². The average Bonchev–Trinajstić information content (AvgIpc) is 2.04. The molecule has 2 heteroatoms. The summed E-state index contributed by atoms with van der Waals surface area (Å²) in [5, 5.41) is 9.22. The number of ketones is 1. The van der Waals surface area contributed by atoms with Crippen LogP contribution in [0.4, 0.5) is 0 Å². The third kappa shape index (κ3) is 1.76. The third-order valence-corrected chi connectivity index (χ3v) is 2.38. The highest BCUT2D eigenvalue weighted by Crippen LogP contribution is 2.30. The molecule has 1 aliphatic rings. The largest absolute Gasteiger partial charge is 0.513 e. The fourth-order valence-electron chi connectivity index (χ4n) is 1.63. The van der Waals surface area contributed by atoms with Crippen LogP contribution in [0.25, 0.3) is 0 Å². The Bertz CT molecular complexity index is 204. The van der Waals surface area contributed by atoms with Gasteiger partial charge in [-0.25, -0.2) is 0 Å². The van der Waals surface area contributed by atoms with Crippen LogP contribution >= 0.6 is 0 Å². The maximum absolute atomic E-state index is 11.1. The van der Waals surface area contributed by atoms with Crippen molar-refractivity contribution < 1.29 is 9.90 Å². The Morgan fingerprint density at radius 2 is 1.92 bits per heavy atom. The van der Waals surface area contributed by atoms with Crippen LogP contribution in [-0.2, 0) is 4.79 Å². The van der Waals surface area contributed by atoms with Crippen molar-refractivity contribution in [3.05, 3.63) is 24.5 Å². The molecule has 0 aromatic rings. The van der Waals surface area contributed by atoms with Gasteiger partial charge in [0.1, 0.15) is 5.78 Å². The van der Waals surface area contributed by atoms with E-state index < -0.39 is 0 Å². The lowest BCUT2D eigenvalue weighted by atomic mass is 9.80. The molecular formula is C10H14O2. The van der Waals surface area contributed by atoms with E-state index in [1.807, 2.05) is 12.2 Å². The van der Waals surface area contributed by atoms with E-state index in [4.69, 9.17) is 0 Å². The summed E-state index contributed by atoms with van der Waals surface area (Å²) in [5.41, 5.74) is 0. The molecule has 0 radical (unpaired) electrons. The molecule has 0 saturated carbocycles. The van der Waals surface area contributed by atoms with Crippen molar-refractivity contribution >= 4 is 5.78 Å². The molecule has 0 amide bonds. The lowest BCUT2D eigenvalue weighted by molar-refractivity contribution is -0.122. The van der Waals surface area contributed by atoms with Crippen LogP contribution in [-0.4, -0.2) is 10.9 Å². The van der Waals surface area contributed by atoms with Gasteiger partial charge in [-0.15, -0.1) is 0 Å². The molecule has 0 heterocycles. The van der Waals surface area contributed by atoms with Gasteiger partial charge in [-0.2, -0.15) is 0 Å². The smallest absolute Gasteiger partial charge is 0.133 e. The zero-order valence-electron chi connectivity index (χ0n) is 7.29. The van der Waals surface area contributed by atoms with Gasteiger partial charge in [0.15, 0.2) is 0 Å². The van der Waals surface area contributed by atoms with E-state index in [2.05, 4.69) is 6.58 Å². The summed E-state index contributed by atoms with van der Waals surface area (Å²) in [6.07, 6.45) is 5.45. The Hall–Kier alpha value is -1.05. The highest BCUT2D eigenvalue weighted by molar-refractivity contribution is 5.79. The standard InChI is InChI=1S/C10H14O2/c1-7(11)9-5-3-4-6-10(9)8(2)12/h3-4,9-11H,1,5-6H2,2H3. The zero-order chi connectivity index (χ0) is 9.14. The van der Waals surface area contributed by atoms with Crippen LogP contribution in [0.2, 0.25) is 0 Å². The van der Waals surface area contributed by atoms with Gasteiger partial charge < -0.3 is 5.11 Å². The highest BCUT2D eigenvalue weighted by atomic mass is 16.3. The fraction of sp³-hybridized carbons (Fsp3) is 0.500. The summed E-state index contributed by atoms with van der Waals surface area (Å²) in [4.78, 5) is 11.1. The molecule has 66 valence electrons. The molecule has 2 nitrogen and oxygen atoms in total. The number of carbonyl (C=O) groups is 1. The molecule has 0 aromatic carbocycles. The predicted octanol–water partition coefficient (Wildman–Crippen LogP) is 2.23. The Labute approximate surface area is 72.6 Å². The molecule has 2 unspecified atom stereocenters. The monoisotopic (exact) mass is 166 g/mol. The normalized spacial score (nSPS) is 28.4. The number of rotatable bonds is 2. The van der Waals surface area contributed by atoms with Gasteiger partial charge in [-0.1, -0.05) is 18.7 Å². The first-order valence-electron chi connectivity index (χ1n) is 4.16. The van der Waals surface area contributed by atoms with Crippen LogP contribution in [0.3, 0.4) is 0 Å². The second-order valence-electron chi connectivity index (χ2n) is 3.26. The number of hydrogen-bond acceptors (Lipinski definition) is 2. The average molecular weight is 166 g/mol. The lowest BCUT2D eigenvalue weighted by Crippen LogP contribution is -2.24. The minimum absolute atomic E-state index is 0.0625. The van der Waals surface area contributed by atoms with Gasteiger partial charge in [-0.05, 0) is 19.8 Å². The lowest BCUT2D eigenvalue weighted by Gasteiger charge is -2.25. The fourth-order valence-corrected chi connectivity index (χ4v) is 1.63. The first-order valence-corrected chi connectivity index (χ1v) is 4.16. The number of aliphatic hydroxyl groups is 1. The molecule has 0 spiro atoms. The van der Waals surface area contributed by atoms with Gasteiger partial charge in [-0.3, -0.25) is 4.79 Å². The first kappa shape index (κ1) is 9.04. The van der Waals surface area contributed by atoms with E-state index in [1.165, 1.54) is 0 Å². The van der Waals surface area contributed by atoms with E-state index in [9.17, 15) is 9.90 Å². The molecule has 0 aromatic heterocycles. The minimum Gasteiger partial charge on any atom is -0.513 e. The minimum atomic E-state index is -0.0625. The number of hydrogen-bond donors (Lipinski definition) is 1. The van der Waals surface area contributed by atoms with Gasteiger partial charge in [0.2, 0.25) is 0 Å². The maximum Gasteiger partial charge on any atom is 0.133 e. The topological polar surface area (TPSA) is 37.3 Å². The highest BCUT2D eigenvalue weighted by Gasteiger charge is 2.27. The van der Waals surface area contributed by atoms with E-state index in [0.717, 1.165) is 12.8 Å². The molecule has 0 saturated heterocycles. The van der Waals surface area contributed by atoms with E-state index >= 15 is 0 Å². The van der Waals surface area contributed by atoms with Gasteiger partial charge in [0.25, 0.3) is 0 Å².